The summed E-state index contributed by atoms with van der Waals surface area (Å²) in [7, 11) is 0. The van der Waals surface area contributed by atoms with E-state index in [-0.39, 0.29) is 23.9 Å². The number of alkyl halides is 3. The third kappa shape index (κ3) is 3.97. The summed E-state index contributed by atoms with van der Waals surface area (Å²) in [6.07, 6.45) is -2.99. The molecule has 22 heavy (non-hydrogen) atoms. The second kappa shape index (κ2) is 6.64. The fourth-order valence-corrected chi connectivity index (χ4v) is 2.66. The van der Waals surface area contributed by atoms with Crippen molar-refractivity contribution in [3.63, 3.8) is 0 Å². The van der Waals surface area contributed by atoms with Crippen molar-refractivity contribution in [1.82, 2.24) is 5.32 Å². The molecule has 1 aromatic rings. The van der Waals surface area contributed by atoms with E-state index in [0.29, 0.717) is 25.3 Å². The van der Waals surface area contributed by atoms with E-state index >= 15 is 0 Å². The highest BCUT2D eigenvalue weighted by Crippen LogP contribution is 2.32. The number of benzene rings is 1. The van der Waals surface area contributed by atoms with E-state index in [2.05, 4.69) is 5.32 Å². The fraction of sp³-hybridized carbons (Fsp3) is 0.533. The Morgan fingerprint density at radius 2 is 2.05 bits per heavy atom. The Labute approximate surface area is 125 Å². The molecule has 1 fully saturated rings. The third-order valence-electron chi connectivity index (χ3n) is 3.85. The lowest BCUT2D eigenvalue weighted by Crippen LogP contribution is -2.35. The number of amides is 1. The number of hydrogen-bond donors (Lipinski definition) is 2. The summed E-state index contributed by atoms with van der Waals surface area (Å²) in [5.74, 6) is -2.10. The van der Waals surface area contributed by atoms with E-state index in [1.807, 2.05) is 0 Å². The zero-order valence-corrected chi connectivity index (χ0v) is 11.8. The van der Waals surface area contributed by atoms with Crippen molar-refractivity contribution in [2.45, 2.75) is 44.5 Å². The molecule has 1 aliphatic rings. The molecule has 122 valence electrons. The van der Waals surface area contributed by atoms with Crippen molar-refractivity contribution in [1.29, 1.82) is 0 Å². The van der Waals surface area contributed by atoms with Gasteiger partial charge in [-0.15, -0.1) is 0 Å². The van der Waals surface area contributed by atoms with Crippen LogP contribution in [0.25, 0.3) is 0 Å². The Morgan fingerprint density at radius 1 is 1.32 bits per heavy atom. The molecule has 0 aromatic heterocycles. The van der Waals surface area contributed by atoms with Gasteiger partial charge in [0.1, 0.15) is 5.82 Å². The molecule has 3 nitrogen and oxygen atoms in total. The Hall–Kier alpha value is -1.63. The highest BCUT2D eigenvalue weighted by atomic mass is 19.4. The van der Waals surface area contributed by atoms with Crippen molar-refractivity contribution in [2.75, 3.05) is 0 Å². The maximum atomic E-state index is 13.8. The smallest absolute Gasteiger partial charge is 0.393 e. The molecule has 1 amide bonds. The molecular weight excluding hydrogens is 302 g/mol. The summed E-state index contributed by atoms with van der Waals surface area (Å²) in [5.41, 5.74) is -1.55. The lowest BCUT2D eigenvalue weighted by Gasteiger charge is -2.25. The molecule has 0 heterocycles. The van der Waals surface area contributed by atoms with Gasteiger partial charge in [0.15, 0.2) is 0 Å². The Balaban J connectivity index is 2.01. The van der Waals surface area contributed by atoms with Gasteiger partial charge in [-0.3, -0.25) is 4.79 Å². The predicted molar refractivity (Wildman–Crippen MR) is 71.2 cm³/mol. The van der Waals surface area contributed by atoms with Gasteiger partial charge in [-0.05, 0) is 25.3 Å². The third-order valence-corrected chi connectivity index (χ3v) is 3.85. The van der Waals surface area contributed by atoms with Crippen molar-refractivity contribution < 1.29 is 27.5 Å². The number of hydrogen-bond acceptors (Lipinski definition) is 2. The second-order valence-electron chi connectivity index (χ2n) is 5.51. The van der Waals surface area contributed by atoms with Gasteiger partial charge in [0.05, 0.1) is 11.7 Å². The van der Waals surface area contributed by atoms with E-state index < -0.39 is 23.7 Å². The molecule has 0 saturated heterocycles. The van der Waals surface area contributed by atoms with Crippen LogP contribution in [0.5, 0.6) is 0 Å². The lowest BCUT2D eigenvalue weighted by atomic mass is 9.86. The van der Waals surface area contributed by atoms with Gasteiger partial charge in [0.25, 0.3) is 0 Å². The van der Waals surface area contributed by atoms with Crippen LogP contribution in [0.15, 0.2) is 18.2 Å². The standard InChI is InChI=1S/C15H17F4NO2/c16-13-10(4-2-6-12(13)15(17,18)19)8-20-14(22)9-3-1-5-11(21)7-9/h2,4,6,9,11,21H,1,3,5,7-8H2,(H,20,22)/t9-,11-/m0/s1. The van der Waals surface area contributed by atoms with Crippen LogP contribution >= 0.6 is 0 Å². The van der Waals surface area contributed by atoms with E-state index in [9.17, 15) is 27.5 Å². The number of rotatable bonds is 3. The van der Waals surface area contributed by atoms with E-state index in [4.69, 9.17) is 0 Å². The number of halogens is 4. The van der Waals surface area contributed by atoms with Crippen LogP contribution in [0, 0.1) is 11.7 Å². The number of carbonyl (C=O) groups is 1. The molecule has 1 aliphatic carbocycles. The average Bonchev–Trinajstić information content (AvgIpc) is 2.44. The maximum absolute atomic E-state index is 13.8. The monoisotopic (exact) mass is 319 g/mol. The second-order valence-corrected chi connectivity index (χ2v) is 5.51. The van der Waals surface area contributed by atoms with Crippen LogP contribution in [-0.4, -0.2) is 17.1 Å². The first-order valence-corrected chi connectivity index (χ1v) is 7.09. The number of aliphatic hydroxyl groups is 1. The Bertz CT molecular complexity index is 545. The van der Waals surface area contributed by atoms with Gasteiger partial charge in [0, 0.05) is 18.0 Å². The van der Waals surface area contributed by atoms with Gasteiger partial charge >= 0.3 is 6.18 Å². The van der Waals surface area contributed by atoms with Crippen LogP contribution in [0.2, 0.25) is 0 Å². The van der Waals surface area contributed by atoms with Crippen molar-refractivity contribution in [3.05, 3.63) is 35.1 Å². The first-order valence-electron chi connectivity index (χ1n) is 7.09. The molecular formula is C15H17F4NO2. The zero-order chi connectivity index (χ0) is 16.3. The summed E-state index contributed by atoms with van der Waals surface area (Å²) >= 11 is 0. The SMILES string of the molecule is O=C(NCc1cccc(C(F)(F)F)c1F)[C@H]1CCC[C@H](O)C1. The summed E-state index contributed by atoms with van der Waals surface area (Å²) in [6, 6.07) is 2.98. The van der Waals surface area contributed by atoms with Crippen LogP contribution in [0.4, 0.5) is 17.6 Å². The quantitative estimate of drug-likeness (QED) is 0.842. The molecule has 0 aliphatic heterocycles. The van der Waals surface area contributed by atoms with Crippen LogP contribution in [0.1, 0.15) is 36.8 Å². The molecule has 0 radical (unpaired) electrons. The maximum Gasteiger partial charge on any atom is 0.419 e. The summed E-state index contributed by atoms with van der Waals surface area (Å²) in [6.45, 7) is -0.304. The lowest BCUT2D eigenvalue weighted by molar-refractivity contribution is -0.140. The molecule has 2 rings (SSSR count). The first-order chi connectivity index (χ1) is 10.3. The minimum Gasteiger partial charge on any atom is -0.393 e. The first kappa shape index (κ1) is 16.7. The largest absolute Gasteiger partial charge is 0.419 e. The number of carbonyl (C=O) groups excluding carboxylic acids is 1. The van der Waals surface area contributed by atoms with E-state index in [0.717, 1.165) is 12.5 Å². The topological polar surface area (TPSA) is 49.3 Å². The zero-order valence-electron chi connectivity index (χ0n) is 11.8. The highest BCUT2D eigenvalue weighted by Gasteiger charge is 2.35. The van der Waals surface area contributed by atoms with Gasteiger partial charge < -0.3 is 10.4 Å². The van der Waals surface area contributed by atoms with Gasteiger partial charge in [-0.2, -0.15) is 13.2 Å². The van der Waals surface area contributed by atoms with Crippen molar-refractivity contribution in [3.8, 4) is 0 Å². The van der Waals surface area contributed by atoms with Gasteiger partial charge in [-0.1, -0.05) is 18.6 Å². The molecule has 0 spiro atoms. The fourth-order valence-electron chi connectivity index (χ4n) is 2.66. The van der Waals surface area contributed by atoms with Crippen molar-refractivity contribution in [2.24, 2.45) is 5.92 Å². The highest BCUT2D eigenvalue weighted by molar-refractivity contribution is 5.78. The molecule has 7 heteroatoms. The van der Waals surface area contributed by atoms with E-state index in [1.165, 1.54) is 6.07 Å². The van der Waals surface area contributed by atoms with Crippen LogP contribution < -0.4 is 5.32 Å². The van der Waals surface area contributed by atoms with Gasteiger partial charge in [0.2, 0.25) is 5.91 Å². The number of nitrogens with one attached hydrogen (secondary N) is 1. The average molecular weight is 319 g/mol. The summed E-state index contributed by atoms with van der Waals surface area (Å²) < 4.78 is 51.6. The Morgan fingerprint density at radius 3 is 2.68 bits per heavy atom. The van der Waals surface area contributed by atoms with Crippen molar-refractivity contribution >= 4 is 5.91 Å². The van der Waals surface area contributed by atoms with Crippen LogP contribution in [-0.2, 0) is 17.5 Å². The number of aliphatic hydroxyl groups excluding tert-OH is 1. The Kier molecular flexibility index (Phi) is 5.05. The summed E-state index contributed by atoms with van der Waals surface area (Å²) in [4.78, 5) is 11.9. The molecule has 1 aromatic carbocycles. The molecule has 2 N–H and O–H groups in total. The summed E-state index contributed by atoms with van der Waals surface area (Å²) in [5, 5.41) is 12.0. The van der Waals surface area contributed by atoms with Crippen LogP contribution in [0.3, 0.4) is 0 Å². The molecule has 2 atom stereocenters. The minimum atomic E-state index is -4.77. The molecule has 1 saturated carbocycles. The van der Waals surface area contributed by atoms with Gasteiger partial charge in [-0.25, -0.2) is 4.39 Å². The normalized spacial score (nSPS) is 22.4. The predicted octanol–water partition coefficient (Wildman–Crippen LogP) is 3.01. The molecule has 0 unspecified atom stereocenters. The van der Waals surface area contributed by atoms with E-state index in [1.54, 1.807) is 0 Å². The molecule has 0 bridgehead atoms. The minimum absolute atomic E-state index is 0.209.